The Morgan fingerprint density at radius 1 is 1.30 bits per heavy atom. The van der Waals surface area contributed by atoms with Crippen LogP contribution in [0.15, 0.2) is 24.3 Å². The summed E-state index contributed by atoms with van der Waals surface area (Å²) in [6, 6.07) is 7.44. The van der Waals surface area contributed by atoms with Crippen molar-refractivity contribution >= 4 is 5.91 Å². The van der Waals surface area contributed by atoms with E-state index in [1.165, 1.54) is 0 Å². The molecule has 1 unspecified atom stereocenters. The van der Waals surface area contributed by atoms with Crippen LogP contribution in [-0.4, -0.2) is 50.4 Å². The fourth-order valence-electron chi connectivity index (χ4n) is 3.09. The number of amides is 1. The lowest BCUT2D eigenvalue weighted by molar-refractivity contribution is 0.0620. The van der Waals surface area contributed by atoms with Crippen LogP contribution in [-0.2, 0) is 0 Å². The Labute approximate surface area is 135 Å². The number of benzene rings is 1. The maximum atomic E-state index is 12.6. The van der Waals surface area contributed by atoms with Gasteiger partial charge in [0.05, 0.1) is 5.69 Å². The van der Waals surface area contributed by atoms with Crippen LogP contribution in [0.25, 0.3) is 5.69 Å². The molecule has 0 radical (unpaired) electrons. The molecule has 122 valence electrons. The van der Waals surface area contributed by atoms with Crippen molar-refractivity contribution < 1.29 is 9.90 Å². The summed E-state index contributed by atoms with van der Waals surface area (Å²) in [5.41, 5.74) is 1.56. The van der Waals surface area contributed by atoms with Crippen LogP contribution in [0, 0.1) is 19.8 Å². The van der Waals surface area contributed by atoms with Crippen LogP contribution in [0.4, 0.5) is 0 Å². The number of aromatic nitrogens is 3. The number of hydrogen-bond acceptors (Lipinski definition) is 4. The van der Waals surface area contributed by atoms with Gasteiger partial charge in [0, 0.05) is 25.3 Å². The fourth-order valence-corrected chi connectivity index (χ4v) is 3.09. The number of carbonyl (C=O) groups excluding carboxylic acids is 1. The first-order valence-corrected chi connectivity index (χ1v) is 7.99. The molecule has 1 fully saturated rings. The third-order valence-electron chi connectivity index (χ3n) is 4.30. The van der Waals surface area contributed by atoms with Gasteiger partial charge >= 0.3 is 0 Å². The Hall–Kier alpha value is -2.21. The number of aliphatic hydroxyl groups excluding tert-OH is 1. The van der Waals surface area contributed by atoms with E-state index in [-0.39, 0.29) is 18.4 Å². The second-order valence-corrected chi connectivity index (χ2v) is 6.11. The van der Waals surface area contributed by atoms with E-state index in [1.807, 2.05) is 43.0 Å². The molecule has 1 aromatic heterocycles. The Kier molecular flexibility index (Phi) is 4.43. The highest BCUT2D eigenvalue weighted by Crippen LogP contribution is 2.19. The van der Waals surface area contributed by atoms with Crippen molar-refractivity contribution in [2.75, 3.05) is 19.7 Å². The van der Waals surface area contributed by atoms with E-state index in [2.05, 4.69) is 10.1 Å². The first kappa shape index (κ1) is 15.7. The van der Waals surface area contributed by atoms with Gasteiger partial charge in [-0.3, -0.25) is 4.79 Å². The summed E-state index contributed by atoms with van der Waals surface area (Å²) in [4.78, 5) is 18.7. The van der Waals surface area contributed by atoms with Gasteiger partial charge in [-0.25, -0.2) is 9.67 Å². The lowest BCUT2D eigenvalue weighted by Crippen LogP contribution is -2.40. The Morgan fingerprint density at radius 2 is 2.04 bits per heavy atom. The van der Waals surface area contributed by atoms with Gasteiger partial charge in [0.1, 0.15) is 11.6 Å². The number of carbonyl (C=O) groups is 1. The number of aliphatic hydroxyl groups is 1. The van der Waals surface area contributed by atoms with Crippen LogP contribution < -0.4 is 0 Å². The molecule has 1 amide bonds. The van der Waals surface area contributed by atoms with Crippen molar-refractivity contribution in [1.29, 1.82) is 0 Å². The van der Waals surface area contributed by atoms with Crippen LogP contribution in [0.1, 0.15) is 34.8 Å². The van der Waals surface area contributed by atoms with Crippen molar-refractivity contribution in [2.24, 2.45) is 5.92 Å². The van der Waals surface area contributed by atoms with Crippen molar-refractivity contribution in [3.8, 4) is 5.69 Å². The summed E-state index contributed by atoms with van der Waals surface area (Å²) in [5.74, 6) is 1.78. The molecule has 0 bridgehead atoms. The average Bonchev–Trinajstić information content (AvgIpc) is 2.93. The van der Waals surface area contributed by atoms with Crippen molar-refractivity contribution in [1.82, 2.24) is 19.7 Å². The van der Waals surface area contributed by atoms with Crippen LogP contribution in [0.3, 0.4) is 0 Å². The van der Waals surface area contributed by atoms with Crippen molar-refractivity contribution in [3.63, 3.8) is 0 Å². The van der Waals surface area contributed by atoms with Crippen molar-refractivity contribution in [3.05, 3.63) is 41.5 Å². The van der Waals surface area contributed by atoms with Gasteiger partial charge < -0.3 is 10.0 Å². The molecule has 2 aromatic rings. The fraction of sp³-hybridized carbons (Fsp3) is 0.471. The van der Waals surface area contributed by atoms with Crippen molar-refractivity contribution in [2.45, 2.75) is 26.7 Å². The van der Waals surface area contributed by atoms with E-state index in [0.717, 1.165) is 36.7 Å². The summed E-state index contributed by atoms with van der Waals surface area (Å²) in [7, 11) is 0. The molecule has 1 atom stereocenters. The highest BCUT2D eigenvalue weighted by Gasteiger charge is 2.24. The molecule has 0 aliphatic carbocycles. The van der Waals surface area contributed by atoms with Gasteiger partial charge in [0.25, 0.3) is 5.91 Å². The molecule has 6 heteroatoms. The zero-order valence-corrected chi connectivity index (χ0v) is 13.6. The molecule has 3 rings (SSSR count). The summed E-state index contributed by atoms with van der Waals surface area (Å²) in [6.45, 7) is 5.31. The quantitative estimate of drug-likeness (QED) is 0.936. The predicted molar refractivity (Wildman–Crippen MR) is 86.5 cm³/mol. The standard InChI is InChI=1S/C17H22N4O2/c1-12-18-13(2)21(19-12)16-7-5-15(6-8-16)17(23)20-9-3-4-14(10-20)11-22/h5-8,14,22H,3-4,9-11H2,1-2H3. The second kappa shape index (κ2) is 6.50. The molecular formula is C17H22N4O2. The third-order valence-corrected chi connectivity index (χ3v) is 4.30. The molecule has 1 aromatic carbocycles. The lowest BCUT2D eigenvalue weighted by Gasteiger charge is -2.31. The molecule has 1 saturated heterocycles. The first-order valence-electron chi connectivity index (χ1n) is 7.99. The molecule has 1 aliphatic rings. The van der Waals surface area contributed by atoms with Gasteiger partial charge in [-0.15, -0.1) is 0 Å². The zero-order valence-electron chi connectivity index (χ0n) is 13.6. The number of piperidine rings is 1. The third kappa shape index (κ3) is 3.27. The SMILES string of the molecule is Cc1nc(C)n(-c2ccc(C(=O)N3CCCC(CO)C3)cc2)n1. The second-order valence-electron chi connectivity index (χ2n) is 6.11. The van der Waals surface area contributed by atoms with E-state index in [4.69, 9.17) is 0 Å². The number of rotatable bonds is 3. The zero-order chi connectivity index (χ0) is 16.4. The molecule has 2 heterocycles. The minimum Gasteiger partial charge on any atom is -0.396 e. The van der Waals surface area contributed by atoms with Gasteiger partial charge in [-0.1, -0.05) is 0 Å². The lowest BCUT2D eigenvalue weighted by atomic mass is 9.98. The van der Waals surface area contributed by atoms with Crippen LogP contribution in [0.5, 0.6) is 0 Å². The van der Waals surface area contributed by atoms with Crippen LogP contribution >= 0.6 is 0 Å². The minimum absolute atomic E-state index is 0.0289. The Balaban J connectivity index is 1.76. The normalized spacial score (nSPS) is 18.2. The summed E-state index contributed by atoms with van der Waals surface area (Å²) < 4.78 is 1.77. The molecule has 6 nitrogen and oxygen atoms in total. The highest BCUT2D eigenvalue weighted by atomic mass is 16.3. The predicted octanol–water partition coefficient (Wildman–Crippen LogP) is 1.73. The number of likely N-dealkylation sites (tertiary alicyclic amines) is 1. The number of hydrogen-bond donors (Lipinski definition) is 1. The number of nitrogens with zero attached hydrogens (tertiary/aromatic N) is 4. The van der Waals surface area contributed by atoms with Crippen LogP contribution in [0.2, 0.25) is 0 Å². The summed E-state index contributed by atoms with van der Waals surface area (Å²) in [5, 5.41) is 13.6. The Bertz CT molecular complexity index is 693. The minimum atomic E-state index is 0.0289. The molecular weight excluding hydrogens is 292 g/mol. The molecule has 1 N–H and O–H groups in total. The Morgan fingerprint density at radius 3 is 2.65 bits per heavy atom. The largest absolute Gasteiger partial charge is 0.396 e. The monoisotopic (exact) mass is 314 g/mol. The molecule has 0 saturated carbocycles. The average molecular weight is 314 g/mol. The van der Waals surface area contributed by atoms with Gasteiger partial charge in [0.2, 0.25) is 0 Å². The van der Waals surface area contributed by atoms with Gasteiger partial charge in [-0.2, -0.15) is 5.10 Å². The van der Waals surface area contributed by atoms with E-state index in [1.54, 1.807) is 4.68 Å². The highest BCUT2D eigenvalue weighted by molar-refractivity contribution is 5.94. The maximum Gasteiger partial charge on any atom is 0.253 e. The van der Waals surface area contributed by atoms with Gasteiger partial charge in [-0.05, 0) is 56.9 Å². The first-order chi connectivity index (χ1) is 11.1. The summed E-state index contributed by atoms with van der Waals surface area (Å²) >= 11 is 0. The number of aryl methyl sites for hydroxylation is 2. The van der Waals surface area contributed by atoms with E-state index in [9.17, 15) is 9.90 Å². The maximum absolute atomic E-state index is 12.6. The summed E-state index contributed by atoms with van der Waals surface area (Å²) in [6.07, 6.45) is 1.94. The smallest absolute Gasteiger partial charge is 0.253 e. The van der Waals surface area contributed by atoms with Gasteiger partial charge in [0.15, 0.2) is 0 Å². The van der Waals surface area contributed by atoms with E-state index >= 15 is 0 Å². The van der Waals surface area contributed by atoms with E-state index < -0.39 is 0 Å². The van der Waals surface area contributed by atoms with E-state index in [0.29, 0.717) is 12.1 Å². The molecule has 23 heavy (non-hydrogen) atoms. The topological polar surface area (TPSA) is 71.2 Å². The molecule has 1 aliphatic heterocycles. The molecule has 0 spiro atoms.